The highest BCUT2D eigenvalue weighted by atomic mass is 35.5. The van der Waals surface area contributed by atoms with Crippen LogP contribution in [0.4, 0.5) is 5.69 Å². The van der Waals surface area contributed by atoms with Gasteiger partial charge in [0.1, 0.15) is 5.75 Å². The molecule has 7 heteroatoms. The van der Waals surface area contributed by atoms with E-state index in [1.54, 1.807) is 18.2 Å². The first-order valence-corrected chi connectivity index (χ1v) is 10.7. The molecule has 2 N–H and O–H groups in total. The second-order valence-corrected chi connectivity index (χ2v) is 8.26. The first-order chi connectivity index (χ1) is 15.4. The molecule has 0 fully saturated rings. The number of rotatable bonds is 6. The Balaban J connectivity index is 1.75. The van der Waals surface area contributed by atoms with Crippen molar-refractivity contribution in [2.75, 3.05) is 4.90 Å². The van der Waals surface area contributed by atoms with E-state index in [2.05, 4.69) is 0 Å². The van der Waals surface area contributed by atoms with Crippen LogP contribution in [0.25, 0.3) is 0 Å². The molecule has 0 spiro atoms. The van der Waals surface area contributed by atoms with Crippen molar-refractivity contribution in [1.82, 2.24) is 0 Å². The summed E-state index contributed by atoms with van der Waals surface area (Å²) in [5, 5.41) is 21.3. The fourth-order valence-electron chi connectivity index (χ4n) is 3.84. The van der Waals surface area contributed by atoms with Crippen LogP contribution in [0.15, 0.2) is 84.1 Å². The Morgan fingerprint density at radius 3 is 2.34 bits per heavy atom. The third-order valence-electron chi connectivity index (χ3n) is 5.36. The number of aryl methyl sites for hydroxylation is 1. The average molecular weight is 468 g/mol. The van der Waals surface area contributed by atoms with Crippen molar-refractivity contribution >= 4 is 40.6 Å². The number of carbonyl (C=O) groups excluding carboxylic acids is 2. The Morgan fingerprint density at radius 1 is 0.906 bits per heavy atom. The minimum atomic E-state index is -0.921. The molecule has 0 saturated heterocycles. The summed E-state index contributed by atoms with van der Waals surface area (Å²) in [6.45, 7) is 0. The van der Waals surface area contributed by atoms with Crippen molar-refractivity contribution in [2.45, 2.75) is 18.9 Å². The lowest BCUT2D eigenvalue weighted by molar-refractivity contribution is -0.118. The van der Waals surface area contributed by atoms with Crippen LogP contribution in [-0.4, -0.2) is 21.9 Å². The molecule has 5 nitrogen and oxygen atoms in total. The van der Waals surface area contributed by atoms with Crippen molar-refractivity contribution in [3.05, 3.63) is 105 Å². The van der Waals surface area contributed by atoms with Gasteiger partial charge in [-0.1, -0.05) is 65.7 Å². The van der Waals surface area contributed by atoms with E-state index in [0.717, 1.165) is 5.56 Å². The molecule has 0 aromatic heterocycles. The zero-order valence-corrected chi connectivity index (χ0v) is 18.3. The van der Waals surface area contributed by atoms with Gasteiger partial charge in [-0.25, -0.2) is 0 Å². The molecule has 1 unspecified atom stereocenters. The topological polar surface area (TPSA) is 77.8 Å². The standard InChI is InChI=1S/C25H19Cl2NO4/c26-19-11-10-17(14-20(19)27)28-23(16-7-4-8-18(29)13-16)22(24(31)25(28)32)21(30)12-9-15-5-2-1-3-6-15/h1-8,10-11,13-14,23,29,31H,9,12H2. The summed E-state index contributed by atoms with van der Waals surface area (Å²) in [6.07, 6.45) is 0.575. The lowest BCUT2D eigenvalue weighted by atomic mass is 9.93. The third kappa shape index (κ3) is 4.22. The molecular formula is C25H19Cl2NO4. The average Bonchev–Trinajstić information content (AvgIpc) is 3.05. The molecule has 32 heavy (non-hydrogen) atoms. The van der Waals surface area contributed by atoms with Crippen LogP contribution >= 0.6 is 23.2 Å². The van der Waals surface area contributed by atoms with Crippen molar-refractivity contribution < 1.29 is 19.8 Å². The van der Waals surface area contributed by atoms with Gasteiger partial charge in [-0.15, -0.1) is 0 Å². The normalized spacial score (nSPS) is 16.0. The molecule has 162 valence electrons. The molecule has 1 aliphatic heterocycles. The number of carbonyl (C=O) groups is 2. The van der Waals surface area contributed by atoms with Crippen LogP contribution in [0.2, 0.25) is 10.0 Å². The Hall–Kier alpha value is -3.28. The quantitative estimate of drug-likeness (QED) is 0.479. The number of Topliss-reactive ketones (excluding diaryl/α,β-unsaturated/α-hetero) is 1. The maximum absolute atomic E-state index is 13.2. The van der Waals surface area contributed by atoms with Crippen LogP contribution in [-0.2, 0) is 16.0 Å². The Bertz CT molecular complexity index is 1220. The summed E-state index contributed by atoms with van der Waals surface area (Å²) in [5.74, 6) is -1.70. The smallest absolute Gasteiger partial charge is 0.294 e. The highest BCUT2D eigenvalue weighted by Gasteiger charge is 2.44. The number of aliphatic hydroxyl groups is 1. The third-order valence-corrected chi connectivity index (χ3v) is 6.10. The predicted octanol–water partition coefficient (Wildman–Crippen LogP) is 5.80. The summed E-state index contributed by atoms with van der Waals surface area (Å²) in [6, 6.07) is 19.5. The van der Waals surface area contributed by atoms with E-state index >= 15 is 0 Å². The summed E-state index contributed by atoms with van der Waals surface area (Å²) in [7, 11) is 0. The van der Waals surface area contributed by atoms with Crippen LogP contribution in [0.3, 0.4) is 0 Å². The highest BCUT2D eigenvalue weighted by Crippen LogP contribution is 2.43. The highest BCUT2D eigenvalue weighted by molar-refractivity contribution is 6.42. The van der Waals surface area contributed by atoms with Gasteiger partial charge in [0, 0.05) is 12.1 Å². The van der Waals surface area contributed by atoms with Gasteiger partial charge >= 0.3 is 0 Å². The number of halogens is 2. The minimum absolute atomic E-state index is 0.0115. The fraction of sp³-hybridized carbons (Fsp3) is 0.120. The number of aromatic hydroxyl groups is 1. The number of ketones is 1. The van der Waals surface area contributed by atoms with Crippen LogP contribution in [0.1, 0.15) is 23.6 Å². The number of aliphatic hydroxyl groups excluding tert-OH is 1. The summed E-state index contributed by atoms with van der Waals surface area (Å²) in [4.78, 5) is 27.6. The van der Waals surface area contributed by atoms with Gasteiger partial charge in [-0.05, 0) is 47.9 Å². The van der Waals surface area contributed by atoms with Gasteiger partial charge < -0.3 is 10.2 Å². The first-order valence-electron chi connectivity index (χ1n) is 9.94. The molecular weight excluding hydrogens is 449 g/mol. The monoisotopic (exact) mass is 467 g/mol. The Labute approximate surface area is 195 Å². The lowest BCUT2D eigenvalue weighted by Crippen LogP contribution is -2.31. The molecule has 0 saturated carbocycles. The molecule has 3 aromatic rings. The van der Waals surface area contributed by atoms with Crippen LogP contribution < -0.4 is 4.90 Å². The van der Waals surface area contributed by atoms with Gasteiger partial charge in [0.15, 0.2) is 11.5 Å². The largest absolute Gasteiger partial charge is 0.508 e. The molecule has 1 amide bonds. The number of benzene rings is 3. The predicted molar refractivity (Wildman–Crippen MR) is 124 cm³/mol. The van der Waals surface area contributed by atoms with E-state index in [4.69, 9.17) is 23.2 Å². The van der Waals surface area contributed by atoms with Gasteiger partial charge in [0.05, 0.1) is 21.7 Å². The van der Waals surface area contributed by atoms with Gasteiger partial charge in [-0.3, -0.25) is 14.5 Å². The van der Waals surface area contributed by atoms with Crippen molar-refractivity contribution in [1.29, 1.82) is 0 Å². The summed E-state index contributed by atoms with van der Waals surface area (Å²) in [5.41, 5.74) is 1.81. The van der Waals surface area contributed by atoms with Gasteiger partial charge in [0.2, 0.25) is 0 Å². The number of nitrogens with zero attached hydrogens (tertiary/aromatic N) is 1. The van der Waals surface area contributed by atoms with Crippen molar-refractivity contribution in [3.8, 4) is 5.75 Å². The first kappa shape index (κ1) is 21.9. The second-order valence-electron chi connectivity index (χ2n) is 7.44. The number of amides is 1. The van der Waals surface area contributed by atoms with Crippen LogP contribution in [0.5, 0.6) is 5.75 Å². The van der Waals surface area contributed by atoms with Crippen LogP contribution in [0, 0.1) is 0 Å². The van der Waals surface area contributed by atoms with E-state index in [0.29, 0.717) is 22.7 Å². The number of hydrogen-bond acceptors (Lipinski definition) is 4. The number of hydrogen-bond donors (Lipinski definition) is 2. The SMILES string of the molecule is O=C(CCc1ccccc1)C1=C(O)C(=O)N(c2ccc(Cl)c(Cl)c2)C1c1cccc(O)c1. The van der Waals surface area contributed by atoms with Gasteiger partial charge in [0.25, 0.3) is 5.91 Å². The molecule has 4 rings (SSSR count). The van der Waals surface area contributed by atoms with E-state index in [9.17, 15) is 19.8 Å². The lowest BCUT2D eigenvalue weighted by Gasteiger charge is -2.27. The van der Waals surface area contributed by atoms with Crippen molar-refractivity contribution in [3.63, 3.8) is 0 Å². The van der Waals surface area contributed by atoms with E-state index in [1.165, 1.54) is 29.2 Å². The minimum Gasteiger partial charge on any atom is -0.508 e. The number of anilines is 1. The maximum atomic E-state index is 13.2. The Kier molecular flexibility index (Phi) is 6.21. The summed E-state index contributed by atoms with van der Waals surface area (Å²) >= 11 is 12.2. The number of phenols is 1. The van der Waals surface area contributed by atoms with E-state index in [1.807, 2.05) is 30.3 Å². The maximum Gasteiger partial charge on any atom is 0.294 e. The molecule has 3 aromatic carbocycles. The van der Waals surface area contributed by atoms with Crippen molar-refractivity contribution in [2.24, 2.45) is 0 Å². The molecule has 1 atom stereocenters. The molecule has 0 bridgehead atoms. The zero-order valence-electron chi connectivity index (χ0n) is 16.8. The van der Waals surface area contributed by atoms with Gasteiger partial charge in [-0.2, -0.15) is 0 Å². The zero-order chi connectivity index (χ0) is 22.8. The molecule has 1 aliphatic rings. The fourth-order valence-corrected chi connectivity index (χ4v) is 4.13. The molecule has 0 radical (unpaired) electrons. The number of phenolic OH excluding ortho intramolecular Hbond substituents is 1. The summed E-state index contributed by atoms with van der Waals surface area (Å²) < 4.78 is 0. The van der Waals surface area contributed by atoms with E-state index < -0.39 is 17.7 Å². The van der Waals surface area contributed by atoms with E-state index in [-0.39, 0.29) is 28.5 Å². The second kappa shape index (κ2) is 9.07. The Morgan fingerprint density at radius 2 is 1.66 bits per heavy atom. The molecule has 0 aliphatic carbocycles. The molecule has 1 heterocycles.